The van der Waals surface area contributed by atoms with Gasteiger partial charge in [0, 0.05) is 25.4 Å². The van der Waals surface area contributed by atoms with Gasteiger partial charge in [-0.05, 0) is 30.7 Å². The number of aryl methyl sites for hydroxylation is 1. The number of hydrogen-bond acceptors (Lipinski definition) is 6. The molecule has 2 aromatic rings. The van der Waals surface area contributed by atoms with E-state index in [1.807, 2.05) is 6.92 Å². The van der Waals surface area contributed by atoms with Gasteiger partial charge in [0.05, 0.1) is 23.8 Å². The van der Waals surface area contributed by atoms with Gasteiger partial charge < -0.3 is 19.9 Å². The number of rotatable bonds is 6. The van der Waals surface area contributed by atoms with Crippen molar-refractivity contribution in [3.63, 3.8) is 0 Å². The van der Waals surface area contributed by atoms with E-state index < -0.39 is 5.97 Å². The third-order valence-corrected chi connectivity index (χ3v) is 4.29. The number of carbonyl (C=O) groups is 2. The van der Waals surface area contributed by atoms with Gasteiger partial charge in [-0.15, -0.1) is 0 Å². The topological polar surface area (TPSA) is 111 Å². The lowest BCUT2D eigenvalue weighted by atomic mass is 10.1. The lowest BCUT2D eigenvalue weighted by Gasteiger charge is -2.32. The minimum absolute atomic E-state index is 0.183. The maximum Gasteiger partial charge on any atom is 0.335 e. The van der Waals surface area contributed by atoms with Gasteiger partial charge in [0.2, 0.25) is 0 Å². The molecule has 1 aliphatic rings. The van der Waals surface area contributed by atoms with Crippen LogP contribution in [0.15, 0.2) is 36.7 Å². The molecule has 2 atom stereocenters. The Bertz CT molecular complexity index is 792. The van der Waals surface area contributed by atoms with Crippen LogP contribution in [-0.2, 0) is 11.2 Å². The van der Waals surface area contributed by atoms with Crippen LogP contribution in [0.4, 0.5) is 0 Å². The van der Waals surface area contributed by atoms with Crippen LogP contribution < -0.4 is 10.1 Å². The van der Waals surface area contributed by atoms with Crippen molar-refractivity contribution in [2.24, 2.45) is 0 Å². The van der Waals surface area contributed by atoms with Crippen molar-refractivity contribution in [3.05, 3.63) is 53.6 Å². The molecular weight excluding hydrogens is 350 g/mol. The average Bonchev–Trinajstić information content (AvgIpc) is 2.70. The molecule has 1 fully saturated rings. The minimum atomic E-state index is -0.996. The van der Waals surface area contributed by atoms with E-state index in [1.165, 1.54) is 24.5 Å². The maximum absolute atomic E-state index is 12.5. The standard InChI is InChI=1S/C19H21N3O5/c1-2-17-20-9-13(10-21-17)18(23)22-15-7-8-26-11-16(15)27-14-5-3-12(4-6-14)19(24)25/h3-6,9-10,15-16H,2,7-8,11H2,1H3,(H,22,23)(H,24,25)/t15-,16-/m1/s1. The number of carboxylic acid groups (broad SMARTS) is 1. The third-order valence-electron chi connectivity index (χ3n) is 4.29. The van der Waals surface area contributed by atoms with E-state index in [-0.39, 0.29) is 23.6 Å². The number of carbonyl (C=O) groups excluding carboxylic acids is 1. The van der Waals surface area contributed by atoms with E-state index in [4.69, 9.17) is 14.6 Å². The zero-order chi connectivity index (χ0) is 19.2. The predicted octanol–water partition coefficient (Wildman–Crippen LogP) is 1.70. The molecule has 1 aromatic heterocycles. The highest BCUT2D eigenvalue weighted by atomic mass is 16.5. The van der Waals surface area contributed by atoms with Crippen molar-refractivity contribution in [3.8, 4) is 5.75 Å². The van der Waals surface area contributed by atoms with Gasteiger partial charge in [0.25, 0.3) is 5.91 Å². The fraction of sp³-hybridized carbons (Fsp3) is 0.368. The van der Waals surface area contributed by atoms with Crippen molar-refractivity contribution in [1.29, 1.82) is 0 Å². The highest BCUT2D eigenvalue weighted by Gasteiger charge is 2.29. The van der Waals surface area contributed by atoms with Crippen LogP contribution in [0.5, 0.6) is 5.75 Å². The number of nitrogens with one attached hydrogen (secondary N) is 1. The van der Waals surface area contributed by atoms with Gasteiger partial charge in [-0.3, -0.25) is 4.79 Å². The molecule has 1 aromatic carbocycles. The molecule has 1 aliphatic heterocycles. The normalized spacial score (nSPS) is 19.3. The molecule has 0 saturated carbocycles. The molecule has 0 radical (unpaired) electrons. The van der Waals surface area contributed by atoms with Crippen molar-refractivity contribution < 1.29 is 24.2 Å². The molecule has 0 spiro atoms. The zero-order valence-corrected chi connectivity index (χ0v) is 14.9. The quantitative estimate of drug-likeness (QED) is 0.795. The summed E-state index contributed by atoms with van der Waals surface area (Å²) < 4.78 is 11.4. The van der Waals surface area contributed by atoms with Crippen LogP contribution >= 0.6 is 0 Å². The number of ether oxygens (including phenoxy) is 2. The van der Waals surface area contributed by atoms with E-state index >= 15 is 0 Å². The monoisotopic (exact) mass is 371 g/mol. The Morgan fingerprint density at radius 2 is 1.93 bits per heavy atom. The van der Waals surface area contributed by atoms with Crippen molar-refractivity contribution in [2.45, 2.75) is 31.9 Å². The summed E-state index contributed by atoms with van der Waals surface area (Å²) in [5, 5.41) is 11.9. The molecule has 2 N–H and O–H groups in total. The van der Waals surface area contributed by atoms with Crippen molar-refractivity contribution in [2.75, 3.05) is 13.2 Å². The van der Waals surface area contributed by atoms with Gasteiger partial charge in [0.15, 0.2) is 0 Å². The second-order valence-corrected chi connectivity index (χ2v) is 6.17. The molecule has 0 bridgehead atoms. The molecule has 142 valence electrons. The molecule has 3 rings (SSSR count). The molecule has 8 heteroatoms. The lowest BCUT2D eigenvalue weighted by Crippen LogP contribution is -2.51. The highest BCUT2D eigenvalue weighted by molar-refractivity contribution is 5.93. The van der Waals surface area contributed by atoms with Crippen LogP contribution in [0.3, 0.4) is 0 Å². The van der Waals surface area contributed by atoms with Crippen LogP contribution in [0.25, 0.3) is 0 Å². The Morgan fingerprint density at radius 1 is 1.22 bits per heavy atom. The number of aromatic carboxylic acids is 1. The number of nitrogens with zero attached hydrogens (tertiary/aromatic N) is 2. The van der Waals surface area contributed by atoms with Gasteiger partial charge in [-0.2, -0.15) is 0 Å². The van der Waals surface area contributed by atoms with E-state index in [0.29, 0.717) is 43.2 Å². The maximum atomic E-state index is 12.5. The summed E-state index contributed by atoms with van der Waals surface area (Å²) in [5.74, 6) is -0.0580. The first kappa shape index (κ1) is 18.8. The molecule has 0 aliphatic carbocycles. The summed E-state index contributed by atoms with van der Waals surface area (Å²) in [6, 6.07) is 5.89. The summed E-state index contributed by atoms with van der Waals surface area (Å²) in [6.07, 6.45) is 3.96. The fourth-order valence-electron chi connectivity index (χ4n) is 2.75. The largest absolute Gasteiger partial charge is 0.486 e. The number of aromatic nitrogens is 2. The second kappa shape index (κ2) is 8.59. The summed E-state index contributed by atoms with van der Waals surface area (Å²) in [5.41, 5.74) is 0.575. The van der Waals surface area contributed by atoms with Gasteiger partial charge in [-0.25, -0.2) is 14.8 Å². The average molecular weight is 371 g/mol. The molecule has 8 nitrogen and oxygen atoms in total. The number of hydrogen-bond donors (Lipinski definition) is 2. The number of amides is 1. The number of carboxylic acids is 1. The Hall–Kier alpha value is -3.00. The predicted molar refractivity (Wildman–Crippen MR) is 95.9 cm³/mol. The number of benzene rings is 1. The lowest BCUT2D eigenvalue weighted by molar-refractivity contribution is -0.0135. The molecule has 2 heterocycles. The zero-order valence-electron chi connectivity index (χ0n) is 14.9. The van der Waals surface area contributed by atoms with E-state index in [9.17, 15) is 9.59 Å². The van der Waals surface area contributed by atoms with E-state index in [2.05, 4.69) is 15.3 Å². The first-order valence-electron chi connectivity index (χ1n) is 8.76. The first-order chi connectivity index (χ1) is 13.1. The van der Waals surface area contributed by atoms with Crippen molar-refractivity contribution >= 4 is 11.9 Å². The van der Waals surface area contributed by atoms with Gasteiger partial charge >= 0.3 is 5.97 Å². The van der Waals surface area contributed by atoms with Gasteiger partial charge in [0.1, 0.15) is 17.7 Å². The Labute approximate surface area is 156 Å². The fourth-order valence-corrected chi connectivity index (χ4v) is 2.75. The molecule has 1 amide bonds. The molecule has 0 unspecified atom stereocenters. The second-order valence-electron chi connectivity index (χ2n) is 6.17. The first-order valence-corrected chi connectivity index (χ1v) is 8.76. The van der Waals surface area contributed by atoms with Crippen LogP contribution in [0.2, 0.25) is 0 Å². The molecule has 1 saturated heterocycles. The summed E-state index contributed by atoms with van der Waals surface area (Å²) >= 11 is 0. The van der Waals surface area contributed by atoms with E-state index in [0.717, 1.165) is 0 Å². The van der Waals surface area contributed by atoms with Crippen LogP contribution in [0.1, 0.15) is 39.9 Å². The third kappa shape index (κ3) is 4.79. The Kier molecular flexibility index (Phi) is 5.97. The SMILES string of the molecule is CCc1ncc(C(=O)N[C@@H]2CCOC[C@H]2Oc2ccc(C(=O)O)cc2)cn1. The van der Waals surface area contributed by atoms with Gasteiger partial charge in [-0.1, -0.05) is 6.92 Å². The Balaban J connectivity index is 1.65. The van der Waals surface area contributed by atoms with Crippen LogP contribution in [-0.4, -0.2) is 52.3 Å². The van der Waals surface area contributed by atoms with Crippen LogP contribution in [0, 0.1) is 0 Å². The highest BCUT2D eigenvalue weighted by Crippen LogP contribution is 2.19. The Morgan fingerprint density at radius 3 is 2.56 bits per heavy atom. The minimum Gasteiger partial charge on any atom is -0.486 e. The summed E-state index contributed by atoms with van der Waals surface area (Å²) in [6.45, 7) is 2.80. The summed E-state index contributed by atoms with van der Waals surface area (Å²) in [4.78, 5) is 31.7. The smallest absolute Gasteiger partial charge is 0.335 e. The molecule has 27 heavy (non-hydrogen) atoms. The molecular formula is C19H21N3O5. The summed E-state index contributed by atoms with van der Waals surface area (Å²) in [7, 11) is 0. The van der Waals surface area contributed by atoms with Crippen molar-refractivity contribution in [1.82, 2.24) is 15.3 Å². The van der Waals surface area contributed by atoms with E-state index in [1.54, 1.807) is 12.1 Å².